The Hall–Kier alpha value is -3.94. The van der Waals surface area contributed by atoms with Gasteiger partial charge in [0.05, 0.1) is 36.4 Å². The smallest absolute Gasteiger partial charge is 0.410 e. The number of amides is 1. The molecule has 3 aromatic heterocycles. The van der Waals surface area contributed by atoms with E-state index in [4.69, 9.17) is 9.47 Å². The number of aromatic nitrogens is 6. The van der Waals surface area contributed by atoms with Crippen LogP contribution in [-0.2, 0) is 11.3 Å². The molecule has 33 heavy (non-hydrogen) atoms. The molecule has 1 amide bonds. The Balaban J connectivity index is 1.40. The third-order valence-corrected chi connectivity index (χ3v) is 5.45. The summed E-state index contributed by atoms with van der Waals surface area (Å²) in [6.07, 6.45) is 5.94. The van der Waals surface area contributed by atoms with Crippen molar-refractivity contribution < 1.29 is 14.3 Å². The third-order valence-electron chi connectivity index (χ3n) is 5.45. The van der Waals surface area contributed by atoms with Gasteiger partial charge in [-0.2, -0.15) is 10.4 Å². The van der Waals surface area contributed by atoms with Crippen LogP contribution in [0.4, 0.5) is 4.79 Å². The molecule has 0 saturated carbocycles. The quantitative estimate of drug-likeness (QED) is 0.561. The van der Waals surface area contributed by atoms with Gasteiger partial charge in [0.2, 0.25) is 0 Å². The van der Waals surface area contributed by atoms with Gasteiger partial charge in [0.1, 0.15) is 24.1 Å². The highest BCUT2D eigenvalue weighted by atomic mass is 16.6. The van der Waals surface area contributed by atoms with E-state index in [9.17, 15) is 10.1 Å². The molecule has 0 spiro atoms. The third kappa shape index (κ3) is 4.95. The maximum Gasteiger partial charge on any atom is 0.410 e. The Morgan fingerprint density at radius 1 is 1.30 bits per heavy atom. The summed E-state index contributed by atoms with van der Waals surface area (Å²) in [4.78, 5) is 18.3. The average molecular weight is 451 g/mol. The summed E-state index contributed by atoms with van der Waals surface area (Å²) in [5, 5.41) is 22.0. The minimum absolute atomic E-state index is 0.0434. The van der Waals surface area contributed by atoms with E-state index in [1.165, 1.54) is 0 Å². The van der Waals surface area contributed by atoms with E-state index in [0.717, 1.165) is 0 Å². The molecule has 11 heteroatoms. The molecule has 0 aromatic carbocycles. The fraction of sp³-hybridized carbons (Fsp3) is 0.455. The van der Waals surface area contributed by atoms with Crippen LogP contribution in [0.15, 0.2) is 30.7 Å². The molecule has 1 fully saturated rings. The molecule has 0 aliphatic carbocycles. The second-order valence-corrected chi connectivity index (χ2v) is 8.11. The van der Waals surface area contributed by atoms with Crippen molar-refractivity contribution in [3.8, 4) is 17.6 Å². The van der Waals surface area contributed by atoms with E-state index in [0.29, 0.717) is 54.4 Å². The number of nitriles is 1. The molecule has 172 valence electrons. The molecule has 0 unspecified atom stereocenters. The highest BCUT2D eigenvalue weighted by molar-refractivity contribution is 5.67. The topological polar surface area (TPSA) is 124 Å². The van der Waals surface area contributed by atoms with Gasteiger partial charge in [0.25, 0.3) is 0 Å². The van der Waals surface area contributed by atoms with E-state index >= 15 is 0 Å². The van der Waals surface area contributed by atoms with Crippen molar-refractivity contribution in [2.75, 3.05) is 13.1 Å². The first-order valence-corrected chi connectivity index (χ1v) is 10.9. The summed E-state index contributed by atoms with van der Waals surface area (Å²) in [5.41, 5.74) is 1.89. The molecule has 4 rings (SSSR count). The number of carbonyl (C=O) groups excluding carboxylic acids is 1. The van der Waals surface area contributed by atoms with E-state index in [-0.39, 0.29) is 24.8 Å². The van der Waals surface area contributed by atoms with Crippen LogP contribution in [-0.4, -0.2) is 59.9 Å². The average Bonchev–Trinajstić information content (AvgIpc) is 3.48. The number of carbonyl (C=O) groups is 1. The number of hydrogen-bond donors (Lipinski definition) is 0. The fourth-order valence-corrected chi connectivity index (χ4v) is 3.77. The number of piperidine rings is 1. The van der Waals surface area contributed by atoms with E-state index < -0.39 is 0 Å². The molecular weight excluding hydrogens is 424 g/mol. The summed E-state index contributed by atoms with van der Waals surface area (Å²) < 4.78 is 14.5. The highest BCUT2D eigenvalue weighted by Crippen LogP contribution is 2.26. The zero-order valence-corrected chi connectivity index (χ0v) is 18.9. The second-order valence-electron chi connectivity index (χ2n) is 8.11. The van der Waals surface area contributed by atoms with E-state index in [1.807, 2.05) is 26.8 Å². The van der Waals surface area contributed by atoms with Crippen molar-refractivity contribution in [1.82, 2.24) is 34.7 Å². The van der Waals surface area contributed by atoms with Crippen LogP contribution in [0.1, 0.15) is 49.7 Å². The summed E-state index contributed by atoms with van der Waals surface area (Å²) in [5.74, 6) is 1.26. The van der Waals surface area contributed by atoms with Gasteiger partial charge in [0.15, 0.2) is 5.82 Å². The number of hydrogen-bond acceptors (Lipinski definition) is 8. The lowest BCUT2D eigenvalue weighted by atomic mass is 10.1. The monoisotopic (exact) mass is 450 g/mol. The fourth-order valence-electron chi connectivity index (χ4n) is 3.77. The molecular formula is C22H26N8O3. The predicted molar refractivity (Wildman–Crippen MR) is 117 cm³/mol. The van der Waals surface area contributed by atoms with E-state index in [2.05, 4.69) is 26.5 Å². The van der Waals surface area contributed by atoms with E-state index in [1.54, 1.807) is 38.9 Å². The molecule has 0 radical (unpaired) electrons. The van der Waals surface area contributed by atoms with Crippen LogP contribution in [0.25, 0.3) is 5.82 Å². The summed E-state index contributed by atoms with van der Waals surface area (Å²) in [6.45, 7) is 6.85. The van der Waals surface area contributed by atoms with Gasteiger partial charge in [-0.3, -0.25) is 4.68 Å². The molecule has 0 bridgehead atoms. The van der Waals surface area contributed by atoms with Crippen LogP contribution in [0.3, 0.4) is 0 Å². The molecule has 0 atom stereocenters. The summed E-state index contributed by atoms with van der Waals surface area (Å²) >= 11 is 0. The van der Waals surface area contributed by atoms with Gasteiger partial charge in [-0.15, -0.1) is 5.10 Å². The summed E-state index contributed by atoms with van der Waals surface area (Å²) in [7, 11) is 0. The number of nitrogens with zero attached hydrogens (tertiary/aromatic N) is 8. The molecule has 4 heterocycles. The highest BCUT2D eigenvalue weighted by Gasteiger charge is 2.27. The number of aryl methyl sites for hydroxylation is 1. The van der Waals surface area contributed by atoms with Gasteiger partial charge in [-0.25, -0.2) is 14.5 Å². The number of likely N-dealkylation sites (tertiary alicyclic amines) is 1. The van der Waals surface area contributed by atoms with Crippen molar-refractivity contribution in [2.45, 2.75) is 52.4 Å². The van der Waals surface area contributed by atoms with Crippen LogP contribution < -0.4 is 4.74 Å². The number of pyridine rings is 1. The Morgan fingerprint density at radius 3 is 2.73 bits per heavy atom. The first kappa shape index (κ1) is 22.3. The molecule has 0 N–H and O–H groups in total. The standard InChI is InChI=1S/C22H26N8O3/c1-15(2)33-22(31)28-9-6-18(7-10-28)30-19(12-23)17(13-25-30)14-32-20-4-5-21(26-16(20)3)29-11-8-24-27-29/h4-5,8,11,13,15,18H,6-7,9-10,14H2,1-3H3. The zero-order valence-electron chi connectivity index (χ0n) is 18.9. The van der Waals surface area contributed by atoms with Crippen LogP contribution in [0, 0.1) is 18.3 Å². The predicted octanol–water partition coefficient (Wildman–Crippen LogP) is 2.80. The maximum atomic E-state index is 12.1. The molecule has 3 aromatic rings. The first-order valence-electron chi connectivity index (χ1n) is 10.9. The minimum atomic E-state index is -0.294. The van der Waals surface area contributed by atoms with Crippen molar-refractivity contribution in [1.29, 1.82) is 5.26 Å². The second kappa shape index (κ2) is 9.68. The van der Waals surface area contributed by atoms with Crippen molar-refractivity contribution in [3.63, 3.8) is 0 Å². The van der Waals surface area contributed by atoms with Gasteiger partial charge >= 0.3 is 6.09 Å². The Morgan fingerprint density at radius 2 is 2.09 bits per heavy atom. The Bertz CT molecular complexity index is 1140. The molecule has 1 saturated heterocycles. The van der Waals surface area contributed by atoms with Gasteiger partial charge < -0.3 is 14.4 Å². The van der Waals surface area contributed by atoms with Crippen LogP contribution in [0.2, 0.25) is 0 Å². The zero-order chi connectivity index (χ0) is 23.4. The first-order chi connectivity index (χ1) is 16.0. The van der Waals surface area contributed by atoms with Crippen molar-refractivity contribution in [2.24, 2.45) is 0 Å². The molecule has 11 nitrogen and oxygen atoms in total. The summed E-state index contributed by atoms with van der Waals surface area (Å²) in [6, 6.07) is 5.92. The van der Waals surface area contributed by atoms with Gasteiger partial charge in [-0.1, -0.05) is 5.21 Å². The van der Waals surface area contributed by atoms with Crippen LogP contribution in [0.5, 0.6) is 5.75 Å². The van der Waals surface area contributed by atoms with Crippen LogP contribution >= 0.6 is 0 Å². The SMILES string of the molecule is Cc1nc(-n2ccnn2)ccc1OCc1cnn(C2CCN(C(=O)OC(C)C)CC2)c1C#N. The van der Waals surface area contributed by atoms with Gasteiger partial charge in [0, 0.05) is 18.7 Å². The minimum Gasteiger partial charge on any atom is -0.487 e. The maximum absolute atomic E-state index is 12.1. The molecule has 1 aliphatic heterocycles. The molecule has 1 aliphatic rings. The van der Waals surface area contributed by atoms with Crippen molar-refractivity contribution in [3.05, 3.63) is 47.7 Å². The lowest BCUT2D eigenvalue weighted by Crippen LogP contribution is -2.40. The Kier molecular flexibility index (Phi) is 6.53. The normalized spacial score (nSPS) is 14.3. The Labute approximate surface area is 191 Å². The largest absolute Gasteiger partial charge is 0.487 e. The number of ether oxygens (including phenoxy) is 2. The lowest BCUT2D eigenvalue weighted by Gasteiger charge is -2.32. The van der Waals surface area contributed by atoms with Gasteiger partial charge in [-0.05, 0) is 45.7 Å². The van der Waals surface area contributed by atoms with Crippen molar-refractivity contribution >= 4 is 6.09 Å². The lowest BCUT2D eigenvalue weighted by molar-refractivity contribution is 0.0652. The number of rotatable bonds is 6.